The number of hydrazine groups is 1. The molecule has 2 aliphatic rings. The number of benzene rings is 1. The maximum atomic E-state index is 14.0. The first kappa shape index (κ1) is 15.9. The molecule has 3 rings (SSSR count). The molecule has 23 heavy (non-hydrogen) atoms. The van der Waals surface area contributed by atoms with Crippen LogP contribution in [0.1, 0.15) is 31.2 Å². The minimum absolute atomic E-state index is 0.252. The summed E-state index contributed by atoms with van der Waals surface area (Å²) in [5.74, 6) is 0.603. The summed E-state index contributed by atoms with van der Waals surface area (Å²) in [7, 11) is 1.47. The van der Waals surface area contributed by atoms with E-state index in [1.54, 1.807) is 6.07 Å². The van der Waals surface area contributed by atoms with Crippen molar-refractivity contribution in [1.82, 2.24) is 10.4 Å². The first-order chi connectivity index (χ1) is 11.2. The van der Waals surface area contributed by atoms with Gasteiger partial charge in [-0.15, -0.1) is 0 Å². The molecule has 0 spiro atoms. The van der Waals surface area contributed by atoms with Gasteiger partial charge in [-0.3, -0.25) is 10.4 Å². The minimum Gasteiger partial charge on any atom is -0.494 e. The fourth-order valence-electron chi connectivity index (χ4n) is 3.30. The number of nitrogens with zero attached hydrogens (tertiary/aromatic N) is 1. The molecule has 1 aliphatic carbocycles. The number of nitrogens with two attached hydrogens (primary N) is 1. The van der Waals surface area contributed by atoms with Crippen molar-refractivity contribution in [2.24, 2.45) is 11.7 Å². The average molecular weight is 317 g/mol. The topological polar surface area (TPSA) is 50.5 Å². The van der Waals surface area contributed by atoms with Gasteiger partial charge in [0, 0.05) is 24.9 Å². The van der Waals surface area contributed by atoms with Gasteiger partial charge in [-0.1, -0.05) is 12.8 Å². The van der Waals surface area contributed by atoms with Gasteiger partial charge >= 0.3 is 0 Å². The van der Waals surface area contributed by atoms with Gasteiger partial charge in [-0.2, -0.15) is 0 Å². The zero-order valence-electron chi connectivity index (χ0n) is 13.5. The van der Waals surface area contributed by atoms with E-state index in [4.69, 9.17) is 10.5 Å². The standard InChI is InChI=1S/C18H24FN3O/c1-23-18-7-6-15(9-16(18)19)17-8-14(10-20)12-22(21-17)11-13-4-2-3-5-13/h6-9,12-13,21H,2-5,10-11,20H2,1H3. The first-order valence-corrected chi connectivity index (χ1v) is 8.19. The highest BCUT2D eigenvalue weighted by atomic mass is 19.1. The lowest BCUT2D eigenvalue weighted by molar-refractivity contribution is 0.265. The van der Waals surface area contributed by atoms with Crippen molar-refractivity contribution >= 4 is 5.70 Å². The summed E-state index contributed by atoms with van der Waals surface area (Å²) < 4.78 is 19.0. The van der Waals surface area contributed by atoms with E-state index < -0.39 is 0 Å². The normalized spacial score (nSPS) is 18.5. The molecule has 1 heterocycles. The fourth-order valence-corrected chi connectivity index (χ4v) is 3.30. The highest BCUT2D eigenvalue weighted by Gasteiger charge is 2.20. The van der Waals surface area contributed by atoms with E-state index in [9.17, 15) is 4.39 Å². The summed E-state index contributed by atoms with van der Waals surface area (Å²) in [6.07, 6.45) is 9.23. The monoisotopic (exact) mass is 317 g/mol. The van der Waals surface area contributed by atoms with E-state index in [2.05, 4.69) is 16.6 Å². The molecule has 4 nitrogen and oxygen atoms in total. The van der Waals surface area contributed by atoms with Gasteiger partial charge in [0.15, 0.2) is 11.6 Å². The lowest BCUT2D eigenvalue weighted by Gasteiger charge is -2.31. The smallest absolute Gasteiger partial charge is 0.165 e. The molecule has 0 atom stereocenters. The van der Waals surface area contributed by atoms with Gasteiger partial charge in [-0.05, 0) is 48.6 Å². The lowest BCUT2D eigenvalue weighted by Crippen LogP contribution is -2.38. The van der Waals surface area contributed by atoms with Crippen LogP contribution in [0.15, 0.2) is 36.0 Å². The Morgan fingerprint density at radius 3 is 2.78 bits per heavy atom. The predicted molar refractivity (Wildman–Crippen MR) is 89.9 cm³/mol. The molecule has 0 radical (unpaired) electrons. The summed E-state index contributed by atoms with van der Waals surface area (Å²) in [5, 5.41) is 2.09. The maximum absolute atomic E-state index is 14.0. The van der Waals surface area contributed by atoms with Crippen LogP contribution in [0.4, 0.5) is 4.39 Å². The van der Waals surface area contributed by atoms with Gasteiger partial charge in [0.05, 0.1) is 12.8 Å². The van der Waals surface area contributed by atoms with Crippen LogP contribution < -0.4 is 15.9 Å². The third-order valence-corrected chi connectivity index (χ3v) is 4.54. The summed E-state index contributed by atoms with van der Waals surface area (Å²) >= 11 is 0. The van der Waals surface area contributed by atoms with Crippen molar-refractivity contribution in [1.29, 1.82) is 0 Å². The van der Waals surface area contributed by atoms with Crippen molar-refractivity contribution in [3.05, 3.63) is 47.4 Å². The van der Waals surface area contributed by atoms with Crippen LogP contribution in [0.3, 0.4) is 0 Å². The number of ether oxygens (including phenoxy) is 1. The number of halogens is 1. The second-order valence-corrected chi connectivity index (χ2v) is 6.23. The molecule has 1 fully saturated rings. The Labute approximate surface area is 136 Å². The van der Waals surface area contributed by atoms with E-state index >= 15 is 0 Å². The van der Waals surface area contributed by atoms with Crippen LogP contribution in [-0.4, -0.2) is 25.2 Å². The van der Waals surface area contributed by atoms with Crippen molar-refractivity contribution in [3.63, 3.8) is 0 Å². The van der Waals surface area contributed by atoms with Crippen molar-refractivity contribution in [3.8, 4) is 5.75 Å². The third kappa shape index (κ3) is 3.67. The highest BCUT2D eigenvalue weighted by Crippen LogP contribution is 2.28. The van der Waals surface area contributed by atoms with E-state index in [1.165, 1.54) is 38.9 Å². The third-order valence-electron chi connectivity index (χ3n) is 4.54. The van der Waals surface area contributed by atoms with Crippen LogP contribution >= 0.6 is 0 Å². The molecule has 0 bridgehead atoms. The van der Waals surface area contributed by atoms with Crippen LogP contribution in [0.25, 0.3) is 5.70 Å². The fraction of sp³-hybridized carbons (Fsp3) is 0.444. The first-order valence-electron chi connectivity index (χ1n) is 8.19. The molecule has 0 unspecified atom stereocenters. The van der Waals surface area contributed by atoms with E-state index in [0.29, 0.717) is 12.5 Å². The Morgan fingerprint density at radius 2 is 2.13 bits per heavy atom. The second-order valence-electron chi connectivity index (χ2n) is 6.23. The van der Waals surface area contributed by atoms with E-state index in [1.807, 2.05) is 12.1 Å². The Bertz CT molecular complexity index is 621. The molecule has 1 aliphatic heterocycles. The van der Waals surface area contributed by atoms with E-state index in [-0.39, 0.29) is 11.6 Å². The van der Waals surface area contributed by atoms with Crippen molar-refractivity contribution in [2.45, 2.75) is 25.7 Å². The molecule has 0 aromatic heterocycles. The summed E-state index contributed by atoms with van der Waals surface area (Å²) in [6, 6.07) is 4.99. The molecule has 0 amide bonds. The Balaban J connectivity index is 1.79. The second kappa shape index (κ2) is 7.04. The van der Waals surface area contributed by atoms with Gasteiger partial charge in [0.2, 0.25) is 0 Å². The predicted octanol–water partition coefficient (Wildman–Crippen LogP) is 3.03. The maximum Gasteiger partial charge on any atom is 0.165 e. The van der Waals surface area contributed by atoms with Crippen molar-refractivity contribution in [2.75, 3.05) is 20.2 Å². The number of rotatable bonds is 5. The molecule has 1 saturated carbocycles. The molecule has 5 heteroatoms. The summed E-state index contributed by atoms with van der Waals surface area (Å²) in [6.45, 7) is 1.42. The molecule has 1 aromatic rings. The molecule has 3 N–H and O–H groups in total. The largest absolute Gasteiger partial charge is 0.494 e. The van der Waals surface area contributed by atoms with Crippen LogP contribution in [0, 0.1) is 11.7 Å². The zero-order valence-corrected chi connectivity index (χ0v) is 13.5. The van der Waals surface area contributed by atoms with Crippen LogP contribution in [0.5, 0.6) is 5.75 Å². The molecular formula is C18H24FN3O. The highest BCUT2D eigenvalue weighted by molar-refractivity contribution is 5.68. The SMILES string of the molecule is COc1ccc(C2=CC(CN)=CN(CC3CCCC3)N2)cc1F. The summed E-state index contributed by atoms with van der Waals surface area (Å²) in [5.41, 5.74) is 11.9. The number of nitrogens with one attached hydrogen (secondary N) is 1. The molecule has 1 aromatic carbocycles. The Morgan fingerprint density at radius 1 is 1.35 bits per heavy atom. The van der Waals surface area contributed by atoms with Gasteiger partial charge in [0.25, 0.3) is 0 Å². The zero-order chi connectivity index (χ0) is 16.2. The van der Waals surface area contributed by atoms with Gasteiger partial charge in [0.1, 0.15) is 0 Å². The minimum atomic E-state index is -0.362. The number of hydrogen-bond donors (Lipinski definition) is 2. The number of methoxy groups -OCH3 is 1. The van der Waals surface area contributed by atoms with Crippen LogP contribution in [0.2, 0.25) is 0 Å². The molecular weight excluding hydrogens is 293 g/mol. The summed E-state index contributed by atoms with van der Waals surface area (Å²) in [4.78, 5) is 0. The van der Waals surface area contributed by atoms with Gasteiger partial charge in [-0.25, -0.2) is 4.39 Å². The van der Waals surface area contributed by atoms with Crippen molar-refractivity contribution < 1.29 is 9.13 Å². The lowest BCUT2D eigenvalue weighted by atomic mass is 10.1. The average Bonchev–Trinajstić information content (AvgIpc) is 3.07. The Kier molecular flexibility index (Phi) is 4.86. The molecule has 124 valence electrons. The van der Waals surface area contributed by atoms with E-state index in [0.717, 1.165) is 23.4 Å². The quantitative estimate of drug-likeness (QED) is 0.876. The van der Waals surface area contributed by atoms with Crippen LogP contribution in [-0.2, 0) is 0 Å². The molecule has 0 saturated heterocycles. The number of hydrogen-bond acceptors (Lipinski definition) is 4. The van der Waals surface area contributed by atoms with Gasteiger partial charge < -0.3 is 10.5 Å². The Hall–Kier alpha value is -2.01.